The van der Waals surface area contributed by atoms with E-state index in [-0.39, 0.29) is 0 Å². The van der Waals surface area contributed by atoms with Gasteiger partial charge in [0.05, 0.1) is 0 Å². The molecule has 0 saturated carbocycles. The van der Waals surface area contributed by atoms with Gasteiger partial charge in [-0.3, -0.25) is 0 Å². The molecule has 0 aromatic rings. The van der Waals surface area contributed by atoms with Gasteiger partial charge in [-0.1, -0.05) is 51.2 Å². The fourth-order valence-corrected chi connectivity index (χ4v) is 0.816. The number of rotatable bonds is 4. The first-order valence-corrected chi connectivity index (χ1v) is 4.78. The molecule has 72 valence electrons. The van der Waals surface area contributed by atoms with Crippen molar-refractivity contribution in [1.82, 2.24) is 0 Å². The van der Waals surface area contributed by atoms with Crippen LogP contribution in [0.25, 0.3) is 0 Å². The Bertz CT molecular complexity index is 235. The van der Waals surface area contributed by atoms with E-state index in [1.54, 1.807) is 0 Å². The van der Waals surface area contributed by atoms with Crippen LogP contribution in [0.4, 0.5) is 0 Å². The van der Waals surface area contributed by atoms with Crippen LogP contribution >= 0.6 is 0 Å². The van der Waals surface area contributed by atoms with Crippen LogP contribution in [0.15, 0.2) is 42.2 Å². The van der Waals surface area contributed by atoms with Crippen LogP contribution in [-0.4, -0.2) is 0 Å². The maximum Gasteiger partial charge on any atom is -0.000302 e. The molecule has 0 aromatic heterocycles. The zero-order valence-corrected chi connectivity index (χ0v) is 9.17. The Labute approximate surface area is 82.4 Å². The number of hydrogen-bond acceptors (Lipinski definition) is 0. The van der Waals surface area contributed by atoms with Gasteiger partial charge in [-0.25, -0.2) is 0 Å². The zero-order valence-electron chi connectivity index (χ0n) is 9.17. The Hall–Kier alpha value is -1.00. The largest absolute Gasteiger partial charge is 0.132 e. The van der Waals surface area contributed by atoms with Gasteiger partial charge in [0.2, 0.25) is 0 Å². The average molecular weight is 176 g/mol. The molecule has 1 unspecified atom stereocenters. The molecule has 0 aliphatic heterocycles. The van der Waals surface area contributed by atoms with Crippen LogP contribution < -0.4 is 0 Å². The van der Waals surface area contributed by atoms with E-state index in [2.05, 4.69) is 58.2 Å². The molecule has 0 heterocycles. The summed E-state index contributed by atoms with van der Waals surface area (Å²) in [4.78, 5) is 0. The molecular formula is C13H20. The lowest BCUT2D eigenvalue weighted by Gasteiger charge is -2.02. The van der Waals surface area contributed by atoms with E-state index in [1.807, 2.05) is 6.08 Å². The standard InChI is InChI=1S/C13H20/c1-6-8-12(4)9-7-10-13(5)11(2)3/h7-12H,1H2,2-5H3. The smallest absolute Gasteiger partial charge is 0.000302 e. The van der Waals surface area contributed by atoms with E-state index in [1.165, 1.54) is 5.57 Å². The summed E-state index contributed by atoms with van der Waals surface area (Å²) in [5.41, 5.74) is 4.19. The van der Waals surface area contributed by atoms with Gasteiger partial charge in [0.25, 0.3) is 0 Å². The van der Waals surface area contributed by atoms with Crippen LogP contribution in [0.2, 0.25) is 0 Å². The van der Waals surface area contributed by atoms with Crippen molar-refractivity contribution in [2.24, 2.45) is 11.8 Å². The van der Waals surface area contributed by atoms with Gasteiger partial charge >= 0.3 is 0 Å². The molecule has 0 aliphatic rings. The van der Waals surface area contributed by atoms with Gasteiger partial charge in [0.15, 0.2) is 0 Å². The molecule has 0 spiro atoms. The predicted octanol–water partition coefficient (Wildman–Crippen LogP) is 4.12. The van der Waals surface area contributed by atoms with Crippen molar-refractivity contribution < 1.29 is 0 Å². The predicted molar refractivity (Wildman–Crippen MR) is 60.6 cm³/mol. The summed E-state index contributed by atoms with van der Waals surface area (Å²) in [7, 11) is 0. The lowest BCUT2D eigenvalue weighted by atomic mass is 10.0. The summed E-state index contributed by atoms with van der Waals surface area (Å²) in [5, 5.41) is 0. The first-order valence-electron chi connectivity index (χ1n) is 4.78. The fourth-order valence-electron chi connectivity index (χ4n) is 0.816. The van der Waals surface area contributed by atoms with Gasteiger partial charge in [-0.05, 0) is 24.8 Å². The van der Waals surface area contributed by atoms with E-state index < -0.39 is 0 Å². The molecule has 1 atom stereocenters. The highest BCUT2D eigenvalue weighted by atomic mass is 14.0. The van der Waals surface area contributed by atoms with Gasteiger partial charge in [0.1, 0.15) is 0 Å². The monoisotopic (exact) mass is 176 g/mol. The maximum atomic E-state index is 3.54. The Kier molecular flexibility index (Phi) is 6.01. The molecule has 0 amide bonds. The van der Waals surface area contributed by atoms with E-state index in [0.29, 0.717) is 11.8 Å². The zero-order chi connectivity index (χ0) is 10.3. The lowest BCUT2D eigenvalue weighted by Crippen LogP contribution is -1.87. The third kappa shape index (κ3) is 6.19. The van der Waals surface area contributed by atoms with E-state index in [9.17, 15) is 0 Å². The van der Waals surface area contributed by atoms with E-state index >= 15 is 0 Å². The minimum absolute atomic E-state index is 0.425. The highest BCUT2D eigenvalue weighted by Crippen LogP contribution is 2.08. The van der Waals surface area contributed by atoms with Gasteiger partial charge in [0, 0.05) is 0 Å². The topological polar surface area (TPSA) is 0 Å². The lowest BCUT2D eigenvalue weighted by molar-refractivity contribution is 0.769. The SMILES string of the molecule is C=C=CC(C)C=CC=C(C)C(C)C. The second kappa shape index (κ2) is 6.51. The molecular weight excluding hydrogens is 156 g/mol. The van der Waals surface area contributed by atoms with Crippen LogP contribution in [0.3, 0.4) is 0 Å². The Morgan fingerprint density at radius 2 is 1.92 bits per heavy atom. The normalized spacial score (nSPS) is 14.7. The molecule has 0 aliphatic carbocycles. The molecule has 0 fully saturated rings. The molecule has 0 N–H and O–H groups in total. The quantitative estimate of drug-likeness (QED) is 0.446. The van der Waals surface area contributed by atoms with Crippen molar-refractivity contribution in [3.05, 3.63) is 42.2 Å². The Morgan fingerprint density at radius 3 is 2.38 bits per heavy atom. The molecule has 0 radical (unpaired) electrons. The number of allylic oxidation sites excluding steroid dienone is 5. The second-order valence-electron chi connectivity index (χ2n) is 3.68. The molecule has 0 heteroatoms. The first-order chi connectivity index (χ1) is 6.07. The molecule has 0 rings (SSSR count). The summed E-state index contributed by atoms with van der Waals surface area (Å²) in [6.07, 6.45) is 8.37. The minimum atomic E-state index is 0.425. The number of hydrogen-bond donors (Lipinski definition) is 0. The third-order valence-corrected chi connectivity index (χ3v) is 2.07. The molecule has 0 bridgehead atoms. The summed E-state index contributed by atoms with van der Waals surface area (Å²) in [6.45, 7) is 12.2. The van der Waals surface area contributed by atoms with Gasteiger partial charge < -0.3 is 0 Å². The first kappa shape index (κ1) is 12.0. The van der Waals surface area contributed by atoms with Crippen LogP contribution in [-0.2, 0) is 0 Å². The summed E-state index contributed by atoms with van der Waals surface area (Å²) in [6, 6.07) is 0. The summed E-state index contributed by atoms with van der Waals surface area (Å²) >= 11 is 0. The van der Waals surface area contributed by atoms with E-state index in [4.69, 9.17) is 0 Å². The highest BCUT2D eigenvalue weighted by molar-refractivity contribution is 5.13. The molecule has 0 aromatic carbocycles. The highest BCUT2D eigenvalue weighted by Gasteiger charge is 1.92. The molecule has 0 saturated heterocycles. The molecule has 13 heavy (non-hydrogen) atoms. The average Bonchev–Trinajstić information content (AvgIpc) is 2.04. The fraction of sp³-hybridized carbons (Fsp3) is 0.462. The molecule has 0 nitrogen and oxygen atoms in total. The summed E-state index contributed by atoms with van der Waals surface area (Å²) < 4.78 is 0. The van der Waals surface area contributed by atoms with Crippen molar-refractivity contribution in [3.8, 4) is 0 Å². The van der Waals surface area contributed by atoms with Crippen LogP contribution in [0.1, 0.15) is 27.7 Å². The second-order valence-corrected chi connectivity index (χ2v) is 3.68. The summed E-state index contributed by atoms with van der Waals surface area (Å²) in [5.74, 6) is 1.06. The third-order valence-electron chi connectivity index (χ3n) is 2.07. The van der Waals surface area contributed by atoms with Gasteiger partial charge in [-0.2, -0.15) is 0 Å². The van der Waals surface area contributed by atoms with E-state index in [0.717, 1.165) is 0 Å². The van der Waals surface area contributed by atoms with Crippen molar-refractivity contribution in [3.63, 3.8) is 0 Å². The van der Waals surface area contributed by atoms with Crippen molar-refractivity contribution in [1.29, 1.82) is 0 Å². The van der Waals surface area contributed by atoms with Crippen LogP contribution in [0, 0.1) is 11.8 Å². The Morgan fingerprint density at radius 1 is 1.31 bits per heavy atom. The Balaban J connectivity index is 4.14. The van der Waals surface area contributed by atoms with Crippen molar-refractivity contribution in [2.45, 2.75) is 27.7 Å². The maximum absolute atomic E-state index is 3.54. The van der Waals surface area contributed by atoms with Crippen LogP contribution in [0.5, 0.6) is 0 Å². The van der Waals surface area contributed by atoms with Gasteiger partial charge in [-0.15, -0.1) is 5.73 Å². The minimum Gasteiger partial charge on any atom is -0.132 e. The van der Waals surface area contributed by atoms with Crippen molar-refractivity contribution >= 4 is 0 Å². The van der Waals surface area contributed by atoms with Crippen molar-refractivity contribution in [2.75, 3.05) is 0 Å².